The van der Waals surface area contributed by atoms with Crippen LogP contribution < -0.4 is 10.6 Å². The fourth-order valence-corrected chi connectivity index (χ4v) is 4.05. The summed E-state index contributed by atoms with van der Waals surface area (Å²) in [6, 6.07) is 16.8. The van der Waals surface area contributed by atoms with Crippen molar-refractivity contribution in [2.24, 2.45) is 0 Å². The van der Waals surface area contributed by atoms with Crippen molar-refractivity contribution in [1.82, 2.24) is 25.5 Å². The summed E-state index contributed by atoms with van der Waals surface area (Å²) in [7, 11) is 0. The van der Waals surface area contributed by atoms with Crippen molar-refractivity contribution in [3.63, 3.8) is 0 Å². The van der Waals surface area contributed by atoms with Gasteiger partial charge in [-0.2, -0.15) is 0 Å². The van der Waals surface area contributed by atoms with E-state index < -0.39 is 0 Å². The van der Waals surface area contributed by atoms with Crippen molar-refractivity contribution < 1.29 is 4.79 Å². The number of hydrogen-bond acceptors (Lipinski definition) is 5. The quantitative estimate of drug-likeness (QED) is 0.677. The minimum atomic E-state index is -0.0000741. The number of amides is 1. The molecule has 1 saturated carbocycles. The van der Waals surface area contributed by atoms with Crippen LogP contribution in [0, 0.1) is 0 Å². The minimum Gasteiger partial charge on any atom is -0.376 e. The Kier molecular flexibility index (Phi) is 4.71. The van der Waals surface area contributed by atoms with Crippen LogP contribution >= 0.6 is 0 Å². The van der Waals surface area contributed by atoms with Gasteiger partial charge in [0.2, 0.25) is 5.91 Å². The van der Waals surface area contributed by atoms with E-state index in [2.05, 4.69) is 44.4 Å². The first-order valence-electron chi connectivity index (χ1n) is 10.3. The summed E-state index contributed by atoms with van der Waals surface area (Å²) in [4.78, 5) is 12.5. The van der Waals surface area contributed by atoms with E-state index in [9.17, 15) is 4.79 Å². The summed E-state index contributed by atoms with van der Waals surface area (Å²) in [6.45, 7) is 0.232. The number of hydrogen-bond donors (Lipinski definition) is 2. The van der Waals surface area contributed by atoms with Crippen molar-refractivity contribution in [2.45, 2.75) is 44.2 Å². The van der Waals surface area contributed by atoms with Crippen molar-refractivity contribution >= 4 is 11.6 Å². The van der Waals surface area contributed by atoms with E-state index in [1.807, 2.05) is 35.0 Å². The molecule has 7 heteroatoms. The predicted molar refractivity (Wildman–Crippen MR) is 110 cm³/mol. The zero-order valence-electron chi connectivity index (χ0n) is 16.2. The molecule has 5 rings (SSSR count). The van der Waals surface area contributed by atoms with E-state index in [4.69, 9.17) is 0 Å². The molecule has 148 valence electrons. The number of aromatic nitrogens is 4. The van der Waals surface area contributed by atoms with Crippen molar-refractivity contribution in [3.8, 4) is 11.4 Å². The second-order valence-electron chi connectivity index (χ2n) is 7.82. The lowest BCUT2D eigenvalue weighted by Crippen LogP contribution is -2.35. The first kappa shape index (κ1) is 17.8. The normalized spacial score (nSPS) is 18.1. The number of rotatable bonds is 6. The molecule has 1 atom stereocenters. The first-order chi connectivity index (χ1) is 14.3. The van der Waals surface area contributed by atoms with Gasteiger partial charge < -0.3 is 10.6 Å². The van der Waals surface area contributed by atoms with Crippen LogP contribution in [0.3, 0.4) is 0 Å². The number of anilines is 1. The topological polar surface area (TPSA) is 84.7 Å². The van der Waals surface area contributed by atoms with E-state index in [-0.39, 0.29) is 18.5 Å². The number of fused-ring (bicyclic) bond motifs is 1. The number of nitrogens with zero attached hydrogens (tertiary/aromatic N) is 4. The van der Waals surface area contributed by atoms with Gasteiger partial charge in [-0.25, -0.2) is 4.68 Å². The lowest BCUT2D eigenvalue weighted by molar-refractivity contribution is -0.120. The van der Waals surface area contributed by atoms with Gasteiger partial charge in [0.25, 0.3) is 0 Å². The van der Waals surface area contributed by atoms with Crippen LogP contribution in [0.2, 0.25) is 0 Å². The van der Waals surface area contributed by atoms with Gasteiger partial charge in [0, 0.05) is 11.3 Å². The van der Waals surface area contributed by atoms with E-state index in [0.717, 1.165) is 49.2 Å². The molecular formula is C22H24N6O. The van der Waals surface area contributed by atoms with Gasteiger partial charge in [0.15, 0.2) is 5.82 Å². The second-order valence-corrected chi connectivity index (χ2v) is 7.82. The number of carbonyl (C=O) groups excluding carboxylic acids is 1. The average molecular weight is 388 g/mol. The molecule has 1 unspecified atom stereocenters. The maximum atomic E-state index is 12.5. The molecule has 0 bridgehead atoms. The van der Waals surface area contributed by atoms with Crippen LogP contribution in [-0.2, 0) is 11.2 Å². The summed E-state index contributed by atoms with van der Waals surface area (Å²) < 4.78 is 1.90. The molecule has 0 aliphatic heterocycles. The Morgan fingerprint density at radius 2 is 2.00 bits per heavy atom. The standard InChI is InChI=1S/C22H24N6O/c29-21(24-20-10-4-6-15-5-1-2-9-19(15)20)14-23-17-8-3-7-16(13-17)22-25-26-27-28(22)18-11-12-18/h1-3,5,7-9,13,18,20,23H,4,6,10-12,14H2,(H,24,29). The number of tetrazole rings is 1. The Balaban J connectivity index is 1.23. The van der Waals surface area contributed by atoms with Crippen molar-refractivity contribution in [2.75, 3.05) is 11.9 Å². The van der Waals surface area contributed by atoms with Gasteiger partial charge >= 0.3 is 0 Å². The smallest absolute Gasteiger partial charge is 0.239 e. The van der Waals surface area contributed by atoms with E-state index >= 15 is 0 Å². The Labute approximate surface area is 169 Å². The molecule has 2 aliphatic carbocycles. The summed E-state index contributed by atoms with van der Waals surface area (Å²) in [5.74, 6) is 0.777. The summed E-state index contributed by atoms with van der Waals surface area (Å²) in [5, 5.41) is 18.5. The van der Waals surface area contributed by atoms with Crippen molar-refractivity contribution in [1.29, 1.82) is 0 Å². The maximum Gasteiger partial charge on any atom is 0.239 e. The molecule has 3 aromatic rings. The molecule has 0 spiro atoms. The van der Waals surface area contributed by atoms with E-state index in [0.29, 0.717) is 6.04 Å². The van der Waals surface area contributed by atoms with Gasteiger partial charge in [-0.05, 0) is 65.8 Å². The molecule has 0 saturated heterocycles. The lowest BCUT2D eigenvalue weighted by Gasteiger charge is -2.26. The largest absolute Gasteiger partial charge is 0.376 e. The molecule has 1 fully saturated rings. The van der Waals surface area contributed by atoms with Gasteiger partial charge in [0.05, 0.1) is 18.6 Å². The fraction of sp³-hybridized carbons (Fsp3) is 0.364. The van der Waals surface area contributed by atoms with Crippen LogP contribution in [0.25, 0.3) is 11.4 Å². The minimum absolute atomic E-state index is 0.0000741. The molecule has 7 nitrogen and oxygen atoms in total. The molecule has 2 aromatic carbocycles. The van der Waals surface area contributed by atoms with Crippen LogP contribution in [0.1, 0.15) is 48.9 Å². The molecular weight excluding hydrogens is 364 g/mol. The maximum absolute atomic E-state index is 12.5. The molecule has 2 aliphatic rings. The van der Waals surface area contributed by atoms with E-state index in [1.165, 1.54) is 11.1 Å². The lowest BCUT2D eigenvalue weighted by atomic mass is 9.88. The first-order valence-corrected chi connectivity index (χ1v) is 10.3. The number of benzene rings is 2. The van der Waals surface area contributed by atoms with Gasteiger partial charge in [-0.15, -0.1) is 5.10 Å². The number of aryl methyl sites for hydroxylation is 1. The van der Waals surface area contributed by atoms with Crippen LogP contribution in [0.4, 0.5) is 5.69 Å². The highest BCUT2D eigenvalue weighted by molar-refractivity contribution is 5.81. The van der Waals surface area contributed by atoms with Crippen LogP contribution in [-0.4, -0.2) is 32.7 Å². The Morgan fingerprint density at radius 1 is 1.10 bits per heavy atom. The van der Waals surface area contributed by atoms with Crippen LogP contribution in [0.5, 0.6) is 0 Å². The van der Waals surface area contributed by atoms with Crippen LogP contribution in [0.15, 0.2) is 48.5 Å². The Bertz CT molecular complexity index is 1030. The SMILES string of the molecule is O=C(CNc1cccc(-c2nnnn2C2CC2)c1)NC1CCCc2ccccc21. The summed E-state index contributed by atoms with van der Waals surface area (Å²) >= 11 is 0. The highest BCUT2D eigenvalue weighted by Gasteiger charge is 2.28. The highest BCUT2D eigenvalue weighted by atomic mass is 16.2. The Morgan fingerprint density at radius 3 is 2.90 bits per heavy atom. The molecule has 0 radical (unpaired) electrons. The average Bonchev–Trinajstić information content (AvgIpc) is 3.49. The zero-order valence-corrected chi connectivity index (χ0v) is 16.2. The Hall–Kier alpha value is -3.22. The van der Waals surface area contributed by atoms with Gasteiger partial charge in [-0.1, -0.05) is 36.4 Å². The van der Waals surface area contributed by atoms with E-state index in [1.54, 1.807) is 0 Å². The third-order valence-corrected chi connectivity index (χ3v) is 5.66. The van der Waals surface area contributed by atoms with Gasteiger partial charge in [-0.3, -0.25) is 4.79 Å². The predicted octanol–water partition coefficient (Wildman–Crippen LogP) is 3.28. The second kappa shape index (κ2) is 7.66. The number of carbonyl (C=O) groups is 1. The summed E-state index contributed by atoms with van der Waals surface area (Å²) in [5.41, 5.74) is 4.43. The highest BCUT2D eigenvalue weighted by Crippen LogP contribution is 2.36. The van der Waals surface area contributed by atoms with Gasteiger partial charge in [0.1, 0.15) is 0 Å². The molecule has 1 amide bonds. The third kappa shape index (κ3) is 3.85. The van der Waals surface area contributed by atoms with Crippen molar-refractivity contribution in [3.05, 3.63) is 59.7 Å². The molecule has 2 N–H and O–H groups in total. The molecule has 29 heavy (non-hydrogen) atoms. The monoisotopic (exact) mass is 388 g/mol. The zero-order chi connectivity index (χ0) is 19.6. The number of nitrogens with one attached hydrogen (secondary N) is 2. The molecule has 1 heterocycles. The fourth-order valence-electron chi connectivity index (χ4n) is 4.05. The molecule has 1 aromatic heterocycles. The summed E-state index contributed by atoms with van der Waals surface area (Å²) in [6.07, 6.45) is 5.43. The third-order valence-electron chi connectivity index (χ3n) is 5.66.